The average Bonchev–Trinajstić information content (AvgIpc) is 2.87. The van der Waals surface area contributed by atoms with Crippen LogP contribution in [-0.2, 0) is 9.59 Å². The van der Waals surface area contributed by atoms with Gasteiger partial charge < -0.3 is 25.0 Å². The number of fused-ring (bicyclic) bond motifs is 2. The fraction of sp³-hybridized carbons (Fsp3) is 0.318. The minimum Gasteiger partial charge on any atom is -0.496 e. The molecule has 4 rings (SSSR count). The molecule has 1 saturated heterocycles. The van der Waals surface area contributed by atoms with Crippen LogP contribution in [0.25, 0.3) is 11.1 Å². The second-order valence-electron chi connectivity index (χ2n) is 7.57. The molecule has 0 saturated carbocycles. The first-order chi connectivity index (χ1) is 14.8. The van der Waals surface area contributed by atoms with Gasteiger partial charge in [0.2, 0.25) is 5.91 Å². The number of carbonyl (C=O) groups excluding carboxylic acids is 3. The Bertz CT molecular complexity index is 1070. The highest BCUT2D eigenvalue weighted by atomic mass is 35.5. The number of benzene rings is 2. The Balaban J connectivity index is 1.70. The number of aliphatic hydroxyl groups is 1. The van der Waals surface area contributed by atoms with Gasteiger partial charge >= 0.3 is 0 Å². The van der Waals surface area contributed by atoms with Crippen molar-refractivity contribution in [1.29, 1.82) is 0 Å². The Morgan fingerprint density at radius 2 is 1.97 bits per heavy atom. The molecular weight excluding hydrogens is 422 g/mol. The lowest BCUT2D eigenvalue weighted by Crippen LogP contribution is -2.60. The maximum atomic E-state index is 13.4. The van der Waals surface area contributed by atoms with Gasteiger partial charge in [0, 0.05) is 23.7 Å². The van der Waals surface area contributed by atoms with Gasteiger partial charge in [-0.3, -0.25) is 14.4 Å². The van der Waals surface area contributed by atoms with Gasteiger partial charge in [0.1, 0.15) is 17.9 Å². The third kappa shape index (κ3) is 3.84. The smallest absolute Gasteiger partial charge is 0.256 e. The second kappa shape index (κ2) is 8.20. The Labute approximate surface area is 184 Å². The molecule has 0 bridgehead atoms. The molecule has 2 heterocycles. The molecule has 0 aromatic heterocycles. The number of halogens is 1. The zero-order valence-electron chi connectivity index (χ0n) is 17.1. The van der Waals surface area contributed by atoms with Crippen molar-refractivity contribution in [3.8, 4) is 16.9 Å². The number of rotatable bonds is 3. The summed E-state index contributed by atoms with van der Waals surface area (Å²) in [5.74, 6) is -0.525. The Morgan fingerprint density at radius 3 is 2.68 bits per heavy atom. The lowest BCUT2D eigenvalue weighted by atomic mass is 10.00. The molecule has 2 N–H and O–H groups in total. The van der Waals surface area contributed by atoms with Crippen LogP contribution in [-0.4, -0.2) is 71.5 Å². The summed E-state index contributed by atoms with van der Waals surface area (Å²) >= 11 is 6.16. The highest BCUT2D eigenvalue weighted by Crippen LogP contribution is 2.36. The Hall–Kier alpha value is -3.10. The molecule has 8 nitrogen and oxygen atoms in total. The van der Waals surface area contributed by atoms with Crippen LogP contribution >= 0.6 is 11.6 Å². The monoisotopic (exact) mass is 443 g/mol. The lowest BCUT2D eigenvalue weighted by Gasteiger charge is -2.39. The molecule has 2 aliphatic heterocycles. The van der Waals surface area contributed by atoms with Crippen LogP contribution in [0.3, 0.4) is 0 Å². The van der Waals surface area contributed by atoms with Crippen LogP contribution in [0.15, 0.2) is 36.4 Å². The SMILES string of the molecule is COc1ccc(Cl)cc1-c1ccc2c(c1)C(=O)N1CCN(C(=O)C(C)O)CC1C(=O)N2. The summed E-state index contributed by atoms with van der Waals surface area (Å²) in [4.78, 5) is 41.3. The summed E-state index contributed by atoms with van der Waals surface area (Å²) < 4.78 is 5.43. The Morgan fingerprint density at radius 1 is 1.19 bits per heavy atom. The summed E-state index contributed by atoms with van der Waals surface area (Å²) in [5, 5.41) is 12.9. The van der Waals surface area contributed by atoms with E-state index in [0.717, 1.165) is 11.1 Å². The minimum absolute atomic E-state index is 0.0320. The first-order valence-electron chi connectivity index (χ1n) is 9.87. The number of carbonyl (C=O) groups is 3. The number of amides is 3. The number of piperazine rings is 1. The first-order valence-corrected chi connectivity index (χ1v) is 10.2. The van der Waals surface area contributed by atoms with Gasteiger partial charge in [-0.2, -0.15) is 0 Å². The molecular formula is C22H22ClN3O5. The third-order valence-corrected chi connectivity index (χ3v) is 5.83. The number of nitrogens with zero attached hydrogens (tertiary/aromatic N) is 2. The number of hydrogen-bond acceptors (Lipinski definition) is 5. The quantitative estimate of drug-likeness (QED) is 0.756. The molecule has 2 unspecified atom stereocenters. The summed E-state index contributed by atoms with van der Waals surface area (Å²) in [6, 6.07) is 9.57. The highest BCUT2D eigenvalue weighted by Gasteiger charge is 2.41. The summed E-state index contributed by atoms with van der Waals surface area (Å²) in [6.07, 6.45) is -1.16. The maximum absolute atomic E-state index is 13.4. The van der Waals surface area contributed by atoms with Crippen molar-refractivity contribution in [2.24, 2.45) is 0 Å². The predicted molar refractivity (Wildman–Crippen MR) is 115 cm³/mol. The van der Waals surface area contributed by atoms with E-state index in [1.54, 1.807) is 43.5 Å². The molecule has 1 fully saturated rings. The van der Waals surface area contributed by atoms with E-state index in [0.29, 0.717) is 22.0 Å². The summed E-state index contributed by atoms with van der Waals surface area (Å²) in [5.41, 5.74) is 2.21. The van der Waals surface area contributed by atoms with Crippen molar-refractivity contribution in [1.82, 2.24) is 9.80 Å². The molecule has 162 valence electrons. The van der Waals surface area contributed by atoms with E-state index in [4.69, 9.17) is 16.3 Å². The third-order valence-electron chi connectivity index (χ3n) is 5.59. The summed E-state index contributed by atoms with van der Waals surface area (Å²) in [7, 11) is 1.56. The van der Waals surface area contributed by atoms with E-state index in [1.807, 2.05) is 0 Å². The molecule has 9 heteroatoms. The van der Waals surface area contributed by atoms with Crippen LogP contribution in [0.4, 0.5) is 5.69 Å². The van der Waals surface area contributed by atoms with Gasteiger partial charge in [-0.1, -0.05) is 17.7 Å². The highest BCUT2D eigenvalue weighted by molar-refractivity contribution is 6.31. The van der Waals surface area contributed by atoms with Crippen molar-refractivity contribution >= 4 is 35.0 Å². The molecule has 31 heavy (non-hydrogen) atoms. The number of hydrogen-bond donors (Lipinski definition) is 2. The topological polar surface area (TPSA) is 99.2 Å². The van der Waals surface area contributed by atoms with E-state index in [9.17, 15) is 19.5 Å². The number of nitrogens with one attached hydrogen (secondary N) is 1. The van der Waals surface area contributed by atoms with Crippen molar-refractivity contribution in [3.63, 3.8) is 0 Å². The largest absolute Gasteiger partial charge is 0.496 e. The van der Waals surface area contributed by atoms with Gasteiger partial charge in [-0.05, 0) is 42.8 Å². The molecule has 0 spiro atoms. The van der Waals surface area contributed by atoms with Gasteiger partial charge in [0.15, 0.2) is 0 Å². The molecule has 2 atom stereocenters. The standard InChI is InChI=1S/C22H22ClN3O5/c1-12(27)21(29)25-7-8-26-18(11-25)20(28)24-17-5-3-13(9-16(17)22(26)30)15-10-14(23)4-6-19(15)31-2/h3-6,9-10,12,18,27H,7-8,11H2,1-2H3,(H,24,28). The molecule has 2 aliphatic rings. The van der Waals surface area contributed by atoms with Crippen molar-refractivity contribution < 1.29 is 24.2 Å². The van der Waals surface area contributed by atoms with Crippen molar-refractivity contribution in [2.45, 2.75) is 19.1 Å². The number of methoxy groups -OCH3 is 1. The number of anilines is 1. The van der Waals surface area contributed by atoms with Crippen LogP contribution < -0.4 is 10.1 Å². The van der Waals surface area contributed by atoms with Crippen LogP contribution in [0.5, 0.6) is 5.75 Å². The molecule has 0 aliphatic carbocycles. The van der Waals surface area contributed by atoms with E-state index in [-0.39, 0.29) is 31.4 Å². The van der Waals surface area contributed by atoms with Gasteiger partial charge in [0.05, 0.1) is 24.9 Å². The van der Waals surface area contributed by atoms with Gasteiger partial charge in [0.25, 0.3) is 11.8 Å². The van der Waals surface area contributed by atoms with E-state index < -0.39 is 18.1 Å². The zero-order chi connectivity index (χ0) is 22.3. The Kier molecular flexibility index (Phi) is 5.60. The molecule has 0 radical (unpaired) electrons. The minimum atomic E-state index is -1.16. The van der Waals surface area contributed by atoms with Gasteiger partial charge in [-0.25, -0.2) is 0 Å². The fourth-order valence-corrected chi connectivity index (χ4v) is 4.16. The lowest BCUT2D eigenvalue weighted by molar-refractivity contribution is -0.143. The first kappa shape index (κ1) is 21.1. The normalized spacial score (nSPS) is 19.2. The van der Waals surface area contributed by atoms with E-state index in [2.05, 4.69) is 5.32 Å². The van der Waals surface area contributed by atoms with Crippen molar-refractivity contribution in [2.75, 3.05) is 32.1 Å². The maximum Gasteiger partial charge on any atom is 0.256 e. The number of aliphatic hydroxyl groups excluding tert-OH is 1. The van der Waals surface area contributed by atoms with Crippen LogP contribution in [0, 0.1) is 0 Å². The van der Waals surface area contributed by atoms with Crippen LogP contribution in [0.2, 0.25) is 5.02 Å². The number of ether oxygens (including phenoxy) is 1. The molecule has 2 aromatic carbocycles. The zero-order valence-corrected chi connectivity index (χ0v) is 17.8. The molecule has 2 aromatic rings. The van der Waals surface area contributed by atoms with Gasteiger partial charge in [-0.15, -0.1) is 0 Å². The average molecular weight is 444 g/mol. The summed E-state index contributed by atoms with van der Waals surface area (Å²) in [6.45, 7) is 1.86. The van der Waals surface area contributed by atoms with Crippen LogP contribution in [0.1, 0.15) is 17.3 Å². The van der Waals surface area contributed by atoms with E-state index in [1.165, 1.54) is 16.7 Å². The molecule has 3 amide bonds. The second-order valence-corrected chi connectivity index (χ2v) is 8.01. The fourth-order valence-electron chi connectivity index (χ4n) is 3.99. The van der Waals surface area contributed by atoms with E-state index >= 15 is 0 Å². The van der Waals surface area contributed by atoms with Crippen molar-refractivity contribution in [3.05, 3.63) is 47.0 Å². The predicted octanol–water partition coefficient (Wildman–Crippen LogP) is 2.00.